The third-order valence-electron chi connectivity index (χ3n) is 4.47. The molecular weight excluding hydrogens is 312 g/mol. The topological polar surface area (TPSA) is 61.7 Å². The van der Waals surface area contributed by atoms with Crippen LogP contribution >= 0.6 is 0 Å². The third kappa shape index (κ3) is 3.86. The molecule has 4 heteroatoms. The van der Waals surface area contributed by atoms with Gasteiger partial charge in [0.05, 0.1) is 0 Å². The lowest BCUT2D eigenvalue weighted by Crippen LogP contribution is -2.43. The maximum absolute atomic E-state index is 12.8. The number of hydrogen-bond donors (Lipinski definition) is 2. The van der Waals surface area contributed by atoms with E-state index in [-0.39, 0.29) is 0 Å². The summed E-state index contributed by atoms with van der Waals surface area (Å²) in [5.41, 5.74) is 1.76. The summed E-state index contributed by atoms with van der Waals surface area (Å²) >= 11 is 0. The molecule has 0 aromatic heterocycles. The highest BCUT2D eigenvalue weighted by Gasteiger charge is 2.39. The third-order valence-corrected chi connectivity index (χ3v) is 4.47. The second kappa shape index (κ2) is 7.90. The van der Waals surface area contributed by atoms with Crippen LogP contribution in [0.25, 0.3) is 0 Å². The van der Waals surface area contributed by atoms with Gasteiger partial charge in [-0.15, -0.1) is 0 Å². The molecule has 0 aliphatic heterocycles. The molecule has 0 fully saturated rings. The van der Waals surface area contributed by atoms with Crippen LogP contribution in [0.1, 0.15) is 30.4 Å². The first kappa shape index (κ1) is 17.1. The molecular formula is C21H22N2O2. The summed E-state index contributed by atoms with van der Waals surface area (Å²) in [4.78, 5) is 12.8. The fraction of sp³-hybridized carbons (Fsp3) is 0.238. The van der Waals surface area contributed by atoms with E-state index in [0.717, 1.165) is 19.3 Å². The van der Waals surface area contributed by atoms with Crippen molar-refractivity contribution in [3.8, 4) is 0 Å². The molecule has 1 aliphatic rings. The fourth-order valence-electron chi connectivity index (χ4n) is 3.02. The van der Waals surface area contributed by atoms with Gasteiger partial charge < -0.3 is 5.11 Å². The molecule has 0 saturated carbocycles. The first-order valence-electron chi connectivity index (χ1n) is 8.53. The summed E-state index contributed by atoms with van der Waals surface area (Å²) in [6, 6.07) is 17.8. The molecule has 0 bridgehead atoms. The molecule has 0 radical (unpaired) electrons. The molecule has 0 heterocycles. The first-order chi connectivity index (χ1) is 12.2. The summed E-state index contributed by atoms with van der Waals surface area (Å²) in [6.07, 6.45) is 9.04. The molecule has 128 valence electrons. The number of benzene rings is 2. The van der Waals surface area contributed by atoms with Gasteiger partial charge in [0.2, 0.25) is 0 Å². The van der Waals surface area contributed by atoms with Crippen LogP contribution in [0, 0.1) is 5.92 Å². The summed E-state index contributed by atoms with van der Waals surface area (Å²) in [6.45, 7) is 0. The predicted molar refractivity (Wildman–Crippen MR) is 99.0 cm³/mol. The largest absolute Gasteiger partial charge is 0.372 e. The van der Waals surface area contributed by atoms with E-state index < -0.39 is 11.5 Å². The molecule has 4 nitrogen and oxygen atoms in total. The standard InChI is InChI=1S/C21H22N2O2/c24-20(23-22-16-17-10-4-1-5-11-17)21(25,18-12-6-2-7-13-18)19-14-8-3-9-15-19/h1-4,6-9,12-17,25H,5,10-11H2,(H,23,24)/b22-16-/t17-/m0/s1. The van der Waals surface area contributed by atoms with Crippen LogP contribution in [0.4, 0.5) is 0 Å². The van der Waals surface area contributed by atoms with Gasteiger partial charge >= 0.3 is 0 Å². The zero-order chi connectivity index (χ0) is 17.5. The number of hydrogen-bond acceptors (Lipinski definition) is 3. The van der Waals surface area contributed by atoms with Gasteiger partial charge in [-0.2, -0.15) is 5.10 Å². The van der Waals surface area contributed by atoms with E-state index >= 15 is 0 Å². The van der Waals surface area contributed by atoms with E-state index in [4.69, 9.17) is 0 Å². The van der Waals surface area contributed by atoms with Crippen LogP contribution < -0.4 is 5.43 Å². The Balaban J connectivity index is 1.83. The number of carbonyl (C=O) groups is 1. The maximum atomic E-state index is 12.8. The van der Waals surface area contributed by atoms with E-state index in [1.54, 1.807) is 54.7 Å². The second-order valence-electron chi connectivity index (χ2n) is 6.21. The monoisotopic (exact) mass is 334 g/mol. The molecule has 1 amide bonds. The van der Waals surface area contributed by atoms with Gasteiger partial charge in [0.25, 0.3) is 5.91 Å². The SMILES string of the molecule is O=C(N/N=C\[C@H]1CC=CCC1)C(O)(c1ccccc1)c1ccccc1. The average molecular weight is 334 g/mol. The molecule has 1 aliphatic carbocycles. The molecule has 0 spiro atoms. The number of rotatable bonds is 5. The van der Waals surface area contributed by atoms with Gasteiger partial charge in [-0.05, 0) is 36.3 Å². The first-order valence-corrected chi connectivity index (χ1v) is 8.53. The quantitative estimate of drug-likeness (QED) is 0.500. The molecule has 0 saturated heterocycles. The Bertz CT molecular complexity index is 714. The highest BCUT2D eigenvalue weighted by atomic mass is 16.3. The van der Waals surface area contributed by atoms with Crippen LogP contribution in [0.3, 0.4) is 0 Å². The van der Waals surface area contributed by atoms with Crippen LogP contribution in [-0.4, -0.2) is 17.2 Å². The van der Waals surface area contributed by atoms with Gasteiger partial charge in [-0.3, -0.25) is 4.79 Å². The highest BCUT2D eigenvalue weighted by molar-refractivity contribution is 5.90. The van der Waals surface area contributed by atoms with Gasteiger partial charge in [-0.1, -0.05) is 72.8 Å². The van der Waals surface area contributed by atoms with Gasteiger partial charge in [0.1, 0.15) is 0 Å². The van der Waals surface area contributed by atoms with Crippen LogP contribution in [-0.2, 0) is 10.4 Å². The van der Waals surface area contributed by atoms with E-state index in [1.165, 1.54) is 0 Å². The fourth-order valence-corrected chi connectivity index (χ4v) is 3.02. The summed E-state index contributed by atoms with van der Waals surface area (Å²) in [5.74, 6) is -0.237. The minimum absolute atomic E-state index is 0.326. The van der Waals surface area contributed by atoms with E-state index in [9.17, 15) is 9.90 Å². The molecule has 2 aromatic carbocycles. The Labute approximate surface area is 147 Å². The van der Waals surface area contributed by atoms with Crippen molar-refractivity contribution >= 4 is 12.1 Å². The lowest BCUT2D eigenvalue weighted by molar-refractivity contribution is -0.136. The Kier molecular flexibility index (Phi) is 5.41. The van der Waals surface area contributed by atoms with Gasteiger partial charge in [-0.25, -0.2) is 5.43 Å². The van der Waals surface area contributed by atoms with E-state index in [0.29, 0.717) is 17.0 Å². The molecule has 3 rings (SSSR count). The Hall–Kier alpha value is -2.72. The van der Waals surface area contributed by atoms with Crippen LogP contribution in [0.2, 0.25) is 0 Å². The zero-order valence-corrected chi connectivity index (χ0v) is 14.0. The van der Waals surface area contributed by atoms with Crippen molar-refractivity contribution in [3.63, 3.8) is 0 Å². The summed E-state index contributed by atoms with van der Waals surface area (Å²) in [7, 11) is 0. The molecule has 2 aromatic rings. The molecule has 1 atom stereocenters. The van der Waals surface area contributed by atoms with Crippen molar-refractivity contribution in [1.29, 1.82) is 0 Å². The Morgan fingerprint density at radius 1 is 1.04 bits per heavy atom. The van der Waals surface area contributed by atoms with Crippen molar-refractivity contribution in [2.24, 2.45) is 11.0 Å². The molecule has 0 unspecified atom stereocenters. The van der Waals surface area contributed by atoms with Crippen molar-refractivity contribution in [2.75, 3.05) is 0 Å². The number of amides is 1. The molecule has 25 heavy (non-hydrogen) atoms. The summed E-state index contributed by atoms with van der Waals surface area (Å²) in [5, 5.41) is 15.4. The number of nitrogens with one attached hydrogen (secondary N) is 1. The van der Waals surface area contributed by atoms with Crippen molar-refractivity contribution in [1.82, 2.24) is 5.43 Å². The Morgan fingerprint density at radius 2 is 1.64 bits per heavy atom. The minimum Gasteiger partial charge on any atom is -0.372 e. The average Bonchev–Trinajstić information content (AvgIpc) is 2.69. The number of hydrazone groups is 1. The Morgan fingerprint density at radius 3 is 2.16 bits per heavy atom. The maximum Gasteiger partial charge on any atom is 0.281 e. The smallest absolute Gasteiger partial charge is 0.281 e. The predicted octanol–water partition coefficient (Wildman–Crippen LogP) is 3.38. The second-order valence-corrected chi connectivity index (χ2v) is 6.21. The lowest BCUT2D eigenvalue weighted by atomic mass is 9.85. The zero-order valence-electron chi connectivity index (χ0n) is 14.0. The van der Waals surface area contributed by atoms with Crippen LogP contribution in [0.5, 0.6) is 0 Å². The van der Waals surface area contributed by atoms with E-state index in [2.05, 4.69) is 22.7 Å². The normalized spacial score (nSPS) is 17.6. The summed E-state index contributed by atoms with van der Waals surface area (Å²) < 4.78 is 0. The van der Waals surface area contributed by atoms with Crippen molar-refractivity contribution in [3.05, 3.63) is 83.9 Å². The minimum atomic E-state index is -1.79. The van der Waals surface area contributed by atoms with E-state index in [1.807, 2.05) is 12.1 Å². The number of nitrogens with zero attached hydrogens (tertiary/aromatic N) is 1. The lowest BCUT2D eigenvalue weighted by Gasteiger charge is -2.27. The van der Waals surface area contributed by atoms with Crippen molar-refractivity contribution in [2.45, 2.75) is 24.9 Å². The number of carbonyl (C=O) groups excluding carboxylic acids is 1. The highest BCUT2D eigenvalue weighted by Crippen LogP contribution is 2.29. The van der Waals surface area contributed by atoms with Crippen molar-refractivity contribution < 1.29 is 9.90 Å². The number of aliphatic hydroxyl groups is 1. The van der Waals surface area contributed by atoms with Crippen LogP contribution in [0.15, 0.2) is 77.9 Å². The molecule has 2 N–H and O–H groups in total. The van der Waals surface area contributed by atoms with Gasteiger partial charge in [0, 0.05) is 6.21 Å². The number of allylic oxidation sites excluding steroid dienone is 2. The van der Waals surface area contributed by atoms with Gasteiger partial charge in [0.15, 0.2) is 5.60 Å².